The number of ether oxygens (including phenoxy) is 1. The van der Waals surface area contributed by atoms with E-state index in [1.54, 1.807) is 0 Å². The van der Waals surface area contributed by atoms with Crippen molar-refractivity contribution in [2.75, 3.05) is 6.61 Å². The first-order valence-corrected chi connectivity index (χ1v) is 7.98. The maximum atomic E-state index is 5.88. The second-order valence-electron chi connectivity index (χ2n) is 7.40. The van der Waals surface area contributed by atoms with Crippen LogP contribution in [0.25, 0.3) is 0 Å². The Kier molecular flexibility index (Phi) is 3.44. The molecule has 104 valence electrons. The zero-order valence-electron chi connectivity index (χ0n) is 12.2. The van der Waals surface area contributed by atoms with E-state index in [1.807, 2.05) is 0 Å². The van der Waals surface area contributed by atoms with Crippen LogP contribution in [0.3, 0.4) is 0 Å². The van der Waals surface area contributed by atoms with Gasteiger partial charge in [-0.25, -0.2) is 0 Å². The second-order valence-corrected chi connectivity index (χ2v) is 7.40. The normalized spacial score (nSPS) is 41.2. The largest absolute Gasteiger partial charge is 0.377 e. The van der Waals surface area contributed by atoms with Crippen molar-refractivity contribution in [3.05, 3.63) is 0 Å². The lowest BCUT2D eigenvalue weighted by Crippen LogP contribution is -2.67. The predicted octanol–water partition coefficient (Wildman–Crippen LogP) is 3.36. The van der Waals surface area contributed by atoms with E-state index in [2.05, 4.69) is 26.1 Å². The van der Waals surface area contributed by atoms with Crippen LogP contribution in [0.2, 0.25) is 0 Å². The summed E-state index contributed by atoms with van der Waals surface area (Å²) in [6.07, 6.45) is 9.01. The molecule has 0 spiro atoms. The van der Waals surface area contributed by atoms with Crippen molar-refractivity contribution in [3.8, 4) is 0 Å². The average molecular weight is 251 g/mol. The third kappa shape index (κ3) is 2.02. The van der Waals surface area contributed by atoms with Gasteiger partial charge in [0.25, 0.3) is 0 Å². The maximum absolute atomic E-state index is 5.88. The van der Waals surface area contributed by atoms with Gasteiger partial charge in [0.15, 0.2) is 0 Å². The average Bonchev–Trinajstić information content (AvgIpc) is 2.83. The number of rotatable bonds is 3. The topological polar surface area (TPSA) is 21.3 Å². The van der Waals surface area contributed by atoms with Crippen LogP contribution in [-0.4, -0.2) is 24.8 Å². The summed E-state index contributed by atoms with van der Waals surface area (Å²) >= 11 is 0. The van der Waals surface area contributed by atoms with Gasteiger partial charge < -0.3 is 10.1 Å². The van der Waals surface area contributed by atoms with Gasteiger partial charge in [0.1, 0.15) is 0 Å². The van der Waals surface area contributed by atoms with E-state index in [9.17, 15) is 0 Å². The van der Waals surface area contributed by atoms with E-state index in [4.69, 9.17) is 4.74 Å². The number of hydrogen-bond acceptors (Lipinski definition) is 2. The van der Waals surface area contributed by atoms with Gasteiger partial charge in [0.2, 0.25) is 0 Å². The van der Waals surface area contributed by atoms with Gasteiger partial charge in [-0.05, 0) is 32.1 Å². The van der Waals surface area contributed by atoms with Crippen molar-refractivity contribution < 1.29 is 4.74 Å². The molecule has 3 aliphatic rings. The van der Waals surface area contributed by atoms with Crippen molar-refractivity contribution in [2.45, 2.75) is 77.5 Å². The van der Waals surface area contributed by atoms with Crippen molar-refractivity contribution >= 4 is 0 Å². The Balaban J connectivity index is 1.58. The Labute approximate surface area is 112 Å². The van der Waals surface area contributed by atoms with Gasteiger partial charge >= 0.3 is 0 Å². The van der Waals surface area contributed by atoms with Crippen LogP contribution >= 0.6 is 0 Å². The molecule has 3 fully saturated rings. The smallest absolute Gasteiger partial charge is 0.0685 e. The first-order chi connectivity index (χ1) is 8.60. The molecule has 2 nitrogen and oxygen atoms in total. The molecule has 1 aliphatic heterocycles. The number of nitrogens with one attached hydrogen (secondary N) is 1. The minimum absolute atomic E-state index is 0.337. The van der Waals surface area contributed by atoms with Crippen molar-refractivity contribution in [3.63, 3.8) is 0 Å². The molecule has 1 N–H and O–H groups in total. The predicted molar refractivity (Wildman–Crippen MR) is 74.6 cm³/mol. The highest BCUT2D eigenvalue weighted by atomic mass is 16.5. The molecule has 2 heteroatoms. The van der Waals surface area contributed by atoms with E-state index >= 15 is 0 Å². The highest BCUT2D eigenvalue weighted by Crippen LogP contribution is 2.52. The molecule has 0 aromatic rings. The van der Waals surface area contributed by atoms with E-state index in [0.29, 0.717) is 23.6 Å². The van der Waals surface area contributed by atoms with E-state index < -0.39 is 0 Å². The lowest BCUT2D eigenvalue weighted by molar-refractivity contribution is -0.116. The Bertz CT molecular complexity index is 295. The quantitative estimate of drug-likeness (QED) is 0.830. The molecule has 1 heterocycles. The lowest BCUT2D eigenvalue weighted by atomic mass is 9.57. The number of fused-ring (bicyclic) bond motifs is 1. The first-order valence-electron chi connectivity index (χ1n) is 7.98. The first kappa shape index (κ1) is 12.9. The summed E-state index contributed by atoms with van der Waals surface area (Å²) in [5.74, 6) is 1.70. The molecule has 2 aliphatic carbocycles. The summed E-state index contributed by atoms with van der Waals surface area (Å²) in [6.45, 7) is 8.15. The summed E-state index contributed by atoms with van der Waals surface area (Å²) in [6, 6.07) is 1.37. The van der Waals surface area contributed by atoms with E-state index in [-0.39, 0.29) is 0 Å². The fraction of sp³-hybridized carbons (Fsp3) is 1.00. The number of hydrogen-bond donors (Lipinski definition) is 1. The lowest BCUT2D eigenvalue weighted by Gasteiger charge is -2.56. The van der Waals surface area contributed by atoms with Crippen molar-refractivity contribution in [2.24, 2.45) is 17.3 Å². The molecule has 4 atom stereocenters. The molecule has 0 radical (unpaired) electrons. The van der Waals surface area contributed by atoms with Crippen LogP contribution in [0.5, 0.6) is 0 Å². The fourth-order valence-corrected chi connectivity index (χ4v) is 4.72. The third-order valence-corrected chi connectivity index (χ3v) is 5.90. The molecule has 2 saturated carbocycles. The summed E-state index contributed by atoms with van der Waals surface area (Å²) in [5.41, 5.74) is 0.337. The highest BCUT2D eigenvalue weighted by Gasteiger charge is 2.59. The van der Waals surface area contributed by atoms with Crippen LogP contribution < -0.4 is 5.32 Å². The molecule has 18 heavy (non-hydrogen) atoms. The van der Waals surface area contributed by atoms with E-state index in [1.165, 1.54) is 38.5 Å². The second kappa shape index (κ2) is 4.79. The summed E-state index contributed by atoms with van der Waals surface area (Å²) in [4.78, 5) is 0. The monoisotopic (exact) mass is 251 g/mol. The SMILES string of the molecule is C[C@@H](NC1C2CCOC2C1(C)C)C1CCCCC1. The highest BCUT2D eigenvalue weighted by molar-refractivity contribution is 5.11. The summed E-state index contributed by atoms with van der Waals surface area (Å²) < 4.78 is 5.88. The van der Waals surface area contributed by atoms with Gasteiger partial charge in [-0.3, -0.25) is 0 Å². The van der Waals surface area contributed by atoms with Gasteiger partial charge in [-0.15, -0.1) is 0 Å². The van der Waals surface area contributed by atoms with Crippen LogP contribution in [0.1, 0.15) is 59.3 Å². The Morgan fingerprint density at radius 1 is 1.11 bits per heavy atom. The minimum Gasteiger partial charge on any atom is -0.377 e. The molecule has 0 amide bonds. The van der Waals surface area contributed by atoms with Crippen LogP contribution in [0.15, 0.2) is 0 Å². The third-order valence-electron chi connectivity index (χ3n) is 5.90. The fourth-order valence-electron chi connectivity index (χ4n) is 4.72. The molecule has 0 aromatic heterocycles. The zero-order valence-corrected chi connectivity index (χ0v) is 12.2. The minimum atomic E-state index is 0.337. The standard InChI is InChI=1S/C16H29NO/c1-11(12-7-5-4-6-8-12)17-14-13-9-10-18-15(13)16(14,2)3/h11-15,17H,4-10H2,1-3H3/t11-,13?,14?,15?/m1/s1. The van der Waals surface area contributed by atoms with Crippen LogP contribution in [0, 0.1) is 17.3 Å². The van der Waals surface area contributed by atoms with Crippen LogP contribution in [-0.2, 0) is 4.74 Å². The molecular formula is C16H29NO. The summed E-state index contributed by atoms with van der Waals surface area (Å²) in [5, 5.41) is 3.97. The molecule has 3 rings (SSSR count). The zero-order chi connectivity index (χ0) is 12.8. The Hall–Kier alpha value is -0.0800. The molecule has 3 unspecified atom stereocenters. The van der Waals surface area contributed by atoms with Crippen molar-refractivity contribution in [1.82, 2.24) is 5.32 Å². The van der Waals surface area contributed by atoms with Gasteiger partial charge in [-0.1, -0.05) is 33.1 Å². The Morgan fingerprint density at radius 3 is 2.56 bits per heavy atom. The van der Waals surface area contributed by atoms with Gasteiger partial charge in [0, 0.05) is 30.0 Å². The molecule has 0 bridgehead atoms. The van der Waals surface area contributed by atoms with Gasteiger partial charge in [0.05, 0.1) is 6.10 Å². The van der Waals surface area contributed by atoms with Crippen LogP contribution in [0.4, 0.5) is 0 Å². The molecule has 0 aromatic carbocycles. The Morgan fingerprint density at radius 2 is 1.83 bits per heavy atom. The molecule has 1 saturated heterocycles. The van der Waals surface area contributed by atoms with E-state index in [0.717, 1.165) is 18.4 Å². The maximum Gasteiger partial charge on any atom is 0.0685 e. The van der Waals surface area contributed by atoms with Crippen molar-refractivity contribution in [1.29, 1.82) is 0 Å². The molecular weight excluding hydrogens is 222 g/mol. The van der Waals surface area contributed by atoms with Gasteiger partial charge in [-0.2, -0.15) is 0 Å². The summed E-state index contributed by atoms with van der Waals surface area (Å²) in [7, 11) is 0.